The molecule has 0 bridgehead atoms. The first-order valence-electron chi connectivity index (χ1n) is 8.26. The summed E-state index contributed by atoms with van der Waals surface area (Å²) < 4.78 is 0. The molecule has 1 aliphatic rings. The molecule has 2 aromatic heterocycles. The minimum atomic E-state index is 0.403. The quantitative estimate of drug-likeness (QED) is 0.436. The molecule has 0 spiro atoms. The average molecular weight is 320 g/mol. The molecule has 24 heavy (non-hydrogen) atoms. The normalized spacial score (nSPS) is 21.5. The molecule has 6 heteroatoms. The first-order chi connectivity index (χ1) is 11.7. The van der Waals surface area contributed by atoms with Crippen molar-refractivity contribution < 1.29 is 0 Å². The molecular weight excluding hydrogens is 300 g/mol. The van der Waals surface area contributed by atoms with E-state index in [-0.39, 0.29) is 0 Å². The molecule has 4 rings (SSSR count). The van der Waals surface area contributed by atoms with Crippen molar-refractivity contribution in [2.75, 3.05) is 5.43 Å². The summed E-state index contributed by atoms with van der Waals surface area (Å²) >= 11 is 0. The van der Waals surface area contributed by atoms with Gasteiger partial charge in [-0.1, -0.05) is 36.8 Å². The molecule has 6 nitrogen and oxygen atoms in total. The topological polar surface area (TPSA) is 78.8 Å². The Bertz CT molecular complexity index is 939. The van der Waals surface area contributed by atoms with Crippen LogP contribution in [0.1, 0.15) is 26.7 Å². The molecule has 2 atom stereocenters. The van der Waals surface area contributed by atoms with Crippen molar-refractivity contribution in [2.24, 2.45) is 16.9 Å². The highest BCUT2D eigenvalue weighted by molar-refractivity contribution is 6.03. The number of fused-ring (bicyclic) bond motifs is 3. The summed E-state index contributed by atoms with van der Waals surface area (Å²) in [6.45, 7) is 4.46. The molecule has 0 saturated carbocycles. The summed E-state index contributed by atoms with van der Waals surface area (Å²) in [7, 11) is 0. The Labute approximate surface area is 140 Å². The zero-order chi connectivity index (χ0) is 16.5. The van der Waals surface area contributed by atoms with Gasteiger partial charge in [0.25, 0.3) is 5.95 Å². The van der Waals surface area contributed by atoms with Crippen LogP contribution in [0.25, 0.3) is 22.1 Å². The third-order valence-corrected chi connectivity index (χ3v) is 4.67. The van der Waals surface area contributed by atoms with Gasteiger partial charge in [-0.25, -0.2) is 5.43 Å². The van der Waals surface area contributed by atoms with E-state index >= 15 is 0 Å². The second-order valence-electron chi connectivity index (χ2n) is 6.52. The summed E-state index contributed by atoms with van der Waals surface area (Å²) in [6.07, 6.45) is 6.44. The van der Waals surface area contributed by atoms with Gasteiger partial charge in [0.15, 0.2) is 5.65 Å². The van der Waals surface area contributed by atoms with Crippen LogP contribution in [0.3, 0.4) is 0 Å². The first kappa shape index (κ1) is 14.8. The van der Waals surface area contributed by atoms with Crippen LogP contribution in [0.15, 0.2) is 41.0 Å². The zero-order valence-electron chi connectivity index (χ0n) is 13.8. The zero-order valence-corrected chi connectivity index (χ0v) is 13.8. The number of allylic oxidation sites excluding steroid dienone is 2. The Balaban J connectivity index is 1.52. The van der Waals surface area contributed by atoms with E-state index in [0.29, 0.717) is 23.4 Å². The molecule has 3 aromatic rings. The van der Waals surface area contributed by atoms with E-state index in [9.17, 15) is 0 Å². The number of hydrazone groups is 1. The molecule has 1 aromatic carbocycles. The molecule has 0 fully saturated rings. The maximum Gasteiger partial charge on any atom is 0.265 e. The van der Waals surface area contributed by atoms with Gasteiger partial charge >= 0.3 is 0 Å². The number of nitrogens with zero attached hydrogens (tertiary/aromatic N) is 4. The molecule has 2 heterocycles. The number of aromatic nitrogens is 4. The van der Waals surface area contributed by atoms with E-state index in [1.54, 1.807) is 0 Å². The molecule has 0 radical (unpaired) electrons. The largest absolute Gasteiger partial charge is 0.338 e. The SMILES string of the molecule is CC1=CCC(/C=N\Nc2nnc3c(n2)[nH]c2ccccc23)C(C)C1. The standard InChI is InChI=1S/C18H20N6/c1-11-7-8-13(12(2)9-11)10-19-23-18-21-17-16(22-24-18)14-5-3-4-6-15(14)20-17/h3-7,10,12-13H,8-9H2,1-2H3,(H2,20,21,23,24)/b19-10-. The van der Waals surface area contributed by atoms with Gasteiger partial charge < -0.3 is 4.98 Å². The molecule has 0 saturated heterocycles. The third kappa shape index (κ3) is 2.75. The van der Waals surface area contributed by atoms with E-state index < -0.39 is 0 Å². The van der Waals surface area contributed by atoms with Crippen LogP contribution in [0.5, 0.6) is 0 Å². The summed E-state index contributed by atoms with van der Waals surface area (Å²) in [6, 6.07) is 7.98. The van der Waals surface area contributed by atoms with Crippen molar-refractivity contribution in [3.05, 3.63) is 35.9 Å². The number of hydrogen-bond acceptors (Lipinski definition) is 5. The van der Waals surface area contributed by atoms with Gasteiger partial charge in [0.05, 0.1) is 0 Å². The second kappa shape index (κ2) is 6.03. The summed E-state index contributed by atoms with van der Waals surface area (Å²) in [5.41, 5.74) is 6.88. The number of anilines is 1. The number of benzene rings is 1. The lowest BCUT2D eigenvalue weighted by Crippen LogP contribution is -2.17. The molecule has 0 aliphatic heterocycles. The van der Waals surface area contributed by atoms with Gasteiger partial charge in [-0.3, -0.25) is 0 Å². The van der Waals surface area contributed by atoms with Crippen LogP contribution in [-0.2, 0) is 0 Å². The van der Waals surface area contributed by atoms with Crippen LogP contribution in [0, 0.1) is 11.8 Å². The highest BCUT2D eigenvalue weighted by Gasteiger charge is 2.18. The average Bonchev–Trinajstić information content (AvgIpc) is 2.94. The van der Waals surface area contributed by atoms with E-state index in [4.69, 9.17) is 0 Å². The number of hydrogen-bond donors (Lipinski definition) is 2. The predicted octanol–water partition coefficient (Wildman–Crippen LogP) is 3.90. The highest BCUT2D eigenvalue weighted by atomic mass is 15.4. The molecule has 2 N–H and O–H groups in total. The molecule has 122 valence electrons. The lowest BCUT2D eigenvalue weighted by Gasteiger charge is -2.24. The highest BCUT2D eigenvalue weighted by Crippen LogP contribution is 2.27. The van der Waals surface area contributed by atoms with Crippen molar-refractivity contribution in [2.45, 2.75) is 26.7 Å². The number of nitrogens with one attached hydrogen (secondary N) is 2. The summed E-state index contributed by atoms with van der Waals surface area (Å²) in [5, 5.41) is 13.7. The molecule has 0 amide bonds. The van der Waals surface area contributed by atoms with Crippen LogP contribution < -0.4 is 5.43 Å². The van der Waals surface area contributed by atoms with Gasteiger partial charge in [-0.05, 0) is 31.7 Å². The fourth-order valence-electron chi connectivity index (χ4n) is 3.28. The van der Waals surface area contributed by atoms with Gasteiger partial charge in [-0.15, -0.1) is 10.2 Å². The minimum absolute atomic E-state index is 0.403. The number of para-hydroxylation sites is 1. The van der Waals surface area contributed by atoms with Crippen LogP contribution >= 0.6 is 0 Å². The van der Waals surface area contributed by atoms with Gasteiger partial charge in [-0.2, -0.15) is 10.1 Å². The van der Waals surface area contributed by atoms with E-state index in [1.807, 2.05) is 30.5 Å². The van der Waals surface area contributed by atoms with Crippen LogP contribution in [0.2, 0.25) is 0 Å². The maximum atomic E-state index is 4.46. The number of aromatic amines is 1. The van der Waals surface area contributed by atoms with E-state index in [0.717, 1.165) is 29.3 Å². The Morgan fingerprint density at radius 3 is 3.04 bits per heavy atom. The third-order valence-electron chi connectivity index (χ3n) is 4.67. The first-order valence-corrected chi connectivity index (χ1v) is 8.26. The van der Waals surface area contributed by atoms with Crippen molar-refractivity contribution in [1.82, 2.24) is 20.2 Å². The fourth-order valence-corrected chi connectivity index (χ4v) is 3.28. The van der Waals surface area contributed by atoms with Crippen LogP contribution in [0.4, 0.5) is 5.95 Å². The van der Waals surface area contributed by atoms with Crippen molar-refractivity contribution in [3.63, 3.8) is 0 Å². The lowest BCUT2D eigenvalue weighted by molar-refractivity contribution is 0.438. The predicted molar refractivity (Wildman–Crippen MR) is 96.9 cm³/mol. The number of rotatable bonds is 3. The number of H-pyrrole nitrogens is 1. The van der Waals surface area contributed by atoms with Crippen molar-refractivity contribution >= 4 is 34.2 Å². The molecular formula is C18H20N6. The molecule has 2 unspecified atom stereocenters. The Kier molecular flexibility index (Phi) is 3.72. The van der Waals surface area contributed by atoms with Crippen molar-refractivity contribution in [1.29, 1.82) is 0 Å². The lowest BCUT2D eigenvalue weighted by atomic mass is 9.82. The smallest absolute Gasteiger partial charge is 0.265 e. The fraction of sp³-hybridized carbons (Fsp3) is 0.333. The minimum Gasteiger partial charge on any atom is -0.338 e. The Hall–Kier alpha value is -2.76. The maximum absolute atomic E-state index is 4.46. The second-order valence-corrected chi connectivity index (χ2v) is 6.52. The van der Waals surface area contributed by atoms with Gasteiger partial charge in [0, 0.05) is 23.0 Å². The van der Waals surface area contributed by atoms with Gasteiger partial charge in [0.2, 0.25) is 0 Å². The van der Waals surface area contributed by atoms with E-state index in [1.165, 1.54) is 5.57 Å². The van der Waals surface area contributed by atoms with E-state index in [2.05, 4.69) is 50.6 Å². The molecule has 1 aliphatic carbocycles. The Morgan fingerprint density at radius 1 is 1.29 bits per heavy atom. The summed E-state index contributed by atoms with van der Waals surface area (Å²) in [5.74, 6) is 1.46. The Morgan fingerprint density at radius 2 is 2.17 bits per heavy atom. The monoisotopic (exact) mass is 320 g/mol. The van der Waals surface area contributed by atoms with Crippen molar-refractivity contribution in [3.8, 4) is 0 Å². The van der Waals surface area contributed by atoms with Gasteiger partial charge in [0.1, 0.15) is 5.52 Å². The summed E-state index contributed by atoms with van der Waals surface area (Å²) in [4.78, 5) is 7.72. The van der Waals surface area contributed by atoms with Crippen LogP contribution in [-0.4, -0.2) is 26.4 Å².